The standard InChI is InChI=1S/C13H20N2O3/c1-18-10-9-15(8-2-7-14)13(17)11-3-5-12(16)6-4-11/h3-6,16H,2,7-10,14H2,1H3. The van der Waals surface area contributed by atoms with E-state index >= 15 is 0 Å². The predicted molar refractivity (Wildman–Crippen MR) is 69.6 cm³/mol. The lowest BCUT2D eigenvalue weighted by atomic mass is 10.2. The number of nitrogens with two attached hydrogens (primary N) is 1. The minimum absolute atomic E-state index is 0.0690. The van der Waals surface area contributed by atoms with Crippen LogP contribution in [0.4, 0.5) is 0 Å². The van der Waals surface area contributed by atoms with Crippen molar-refractivity contribution in [3.8, 4) is 5.75 Å². The second-order valence-electron chi connectivity index (χ2n) is 3.97. The highest BCUT2D eigenvalue weighted by Crippen LogP contribution is 2.12. The van der Waals surface area contributed by atoms with Crippen molar-refractivity contribution in [3.63, 3.8) is 0 Å². The molecule has 0 aromatic heterocycles. The van der Waals surface area contributed by atoms with Crippen molar-refractivity contribution in [2.75, 3.05) is 33.4 Å². The Balaban J connectivity index is 2.70. The number of carbonyl (C=O) groups is 1. The molecule has 100 valence electrons. The van der Waals surface area contributed by atoms with Crippen LogP contribution in [0.15, 0.2) is 24.3 Å². The van der Waals surface area contributed by atoms with Gasteiger partial charge in [0.1, 0.15) is 5.75 Å². The van der Waals surface area contributed by atoms with Crippen molar-refractivity contribution in [2.24, 2.45) is 5.73 Å². The Bertz CT molecular complexity index is 357. The molecule has 5 nitrogen and oxygen atoms in total. The van der Waals surface area contributed by atoms with Crippen LogP contribution in [0, 0.1) is 0 Å². The molecule has 1 aromatic carbocycles. The molecule has 0 radical (unpaired) electrons. The number of hydrogen-bond donors (Lipinski definition) is 2. The third kappa shape index (κ3) is 4.35. The topological polar surface area (TPSA) is 75.8 Å². The SMILES string of the molecule is COCCN(CCCN)C(=O)c1ccc(O)cc1. The molecular formula is C13H20N2O3. The van der Waals surface area contributed by atoms with Gasteiger partial charge < -0.3 is 20.5 Å². The molecule has 0 bridgehead atoms. The molecule has 0 unspecified atom stereocenters. The molecule has 0 aliphatic carbocycles. The summed E-state index contributed by atoms with van der Waals surface area (Å²) in [5, 5.41) is 9.20. The van der Waals surface area contributed by atoms with E-state index in [2.05, 4.69) is 0 Å². The van der Waals surface area contributed by atoms with E-state index in [0.717, 1.165) is 6.42 Å². The summed E-state index contributed by atoms with van der Waals surface area (Å²) in [6.45, 7) is 2.19. The van der Waals surface area contributed by atoms with Gasteiger partial charge in [0.05, 0.1) is 6.61 Å². The maximum atomic E-state index is 12.2. The highest BCUT2D eigenvalue weighted by atomic mass is 16.5. The number of rotatable bonds is 7. The number of aromatic hydroxyl groups is 1. The van der Waals surface area contributed by atoms with Gasteiger partial charge in [-0.3, -0.25) is 4.79 Å². The van der Waals surface area contributed by atoms with Gasteiger partial charge in [-0.1, -0.05) is 0 Å². The first-order valence-electron chi connectivity index (χ1n) is 5.96. The molecule has 1 rings (SSSR count). The number of ether oxygens (including phenoxy) is 1. The largest absolute Gasteiger partial charge is 0.508 e. The van der Waals surface area contributed by atoms with E-state index in [4.69, 9.17) is 10.5 Å². The van der Waals surface area contributed by atoms with Crippen LogP contribution < -0.4 is 5.73 Å². The van der Waals surface area contributed by atoms with Gasteiger partial charge in [-0.25, -0.2) is 0 Å². The van der Waals surface area contributed by atoms with Gasteiger partial charge in [0.15, 0.2) is 0 Å². The lowest BCUT2D eigenvalue weighted by Gasteiger charge is -2.22. The molecule has 3 N–H and O–H groups in total. The van der Waals surface area contributed by atoms with E-state index in [1.165, 1.54) is 12.1 Å². The van der Waals surface area contributed by atoms with Gasteiger partial charge >= 0.3 is 0 Å². The maximum absolute atomic E-state index is 12.2. The zero-order valence-electron chi connectivity index (χ0n) is 10.6. The third-order valence-electron chi connectivity index (χ3n) is 2.60. The van der Waals surface area contributed by atoms with Gasteiger partial charge in [-0.05, 0) is 37.2 Å². The molecule has 1 amide bonds. The average molecular weight is 252 g/mol. The van der Waals surface area contributed by atoms with Crippen LogP contribution in [0.5, 0.6) is 5.75 Å². The molecule has 0 aliphatic heterocycles. The quantitative estimate of drug-likeness (QED) is 0.753. The average Bonchev–Trinajstić information content (AvgIpc) is 2.39. The van der Waals surface area contributed by atoms with Gasteiger partial charge in [0.25, 0.3) is 5.91 Å². The second-order valence-corrected chi connectivity index (χ2v) is 3.97. The summed E-state index contributed by atoms with van der Waals surface area (Å²) in [6, 6.07) is 6.23. The predicted octanol–water partition coefficient (Wildman–Crippen LogP) is 0.830. The summed E-state index contributed by atoms with van der Waals surface area (Å²) in [7, 11) is 1.60. The Kier molecular flexibility index (Phi) is 6.18. The highest BCUT2D eigenvalue weighted by molar-refractivity contribution is 5.94. The Morgan fingerprint density at radius 2 is 2.00 bits per heavy atom. The molecule has 1 aromatic rings. The van der Waals surface area contributed by atoms with Crippen LogP contribution in [0.25, 0.3) is 0 Å². The summed E-state index contributed by atoms with van der Waals surface area (Å²) in [4.78, 5) is 13.9. The zero-order valence-corrected chi connectivity index (χ0v) is 10.6. The third-order valence-corrected chi connectivity index (χ3v) is 2.60. The molecule has 0 atom stereocenters. The number of phenols is 1. The fourth-order valence-electron chi connectivity index (χ4n) is 1.59. The molecule has 18 heavy (non-hydrogen) atoms. The van der Waals surface area contributed by atoms with Crippen LogP contribution in [0.3, 0.4) is 0 Å². The minimum atomic E-state index is -0.0690. The molecule has 0 heterocycles. The summed E-state index contributed by atoms with van der Waals surface area (Å²) in [5.74, 6) is 0.0810. The number of carbonyl (C=O) groups excluding carboxylic acids is 1. The first kappa shape index (κ1) is 14.5. The first-order valence-corrected chi connectivity index (χ1v) is 5.96. The molecule has 5 heteroatoms. The smallest absolute Gasteiger partial charge is 0.253 e. The normalized spacial score (nSPS) is 10.3. The van der Waals surface area contributed by atoms with Crippen molar-refractivity contribution in [1.29, 1.82) is 0 Å². The number of nitrogens with zero attached hydrogens (tertiary/aromatic N) is 1. The Morgan fingerprint density at radius 3 is 2.56 bits per heavy atom. The van der Waals surface area contributed by atoms with Crippen LogP contribution in [-0.4, -0.2) is 49.3 Å². The molecular weight excluding hydrogens is 232 g/mol. The van der Waals surface area contributed by atoms with E-state index in [0.29, 0.717) is 31.8 Å². The highest BCUT2D eigenvalue weighted by Gasteiger charge is 2.14. The monoisotopic (exact) mass is 252 g/mol. The fraction of sp³-hybridized carbons (Fsp3) is 0.462. The second kappa shape index (κ2) is 7.68. The van der Waals surface area contributed by atoms with Crippen molar-refractivity contribution < 1.29 is 14.6 Å². The van der Waals surface area contributed by atoms with Gasteiger partial charge in [0, 0.05) is 25.8 Å². The van der Waals surface area contributed by atoms with Crippen molar-refractivity contribution in [2.45, 2.75) is 6.42 Å². The van der Waals surface area contributed by atoms with E-state index in [9.17, 15) is 9.90 Å². The van der Waals surface area contributed by atoms with E-state index in [1.54, 1.807) is 24.1 Å². The summed E-state index contributed by atoms with van der Waals surface area (Å²) >= 11 is 0. The lowest BCUT2D eigenvalue weighted by molar-refractivity contribution is 0.0694. The fourth-order valence-corrected chi connectivity index (χ4v) is 1.59. The van der Waals surface area contributed by atoms with E-state index < -0.39 is 0 Å². The molecule has 0 spiro atoms. The first-order chi connectivity index (χ1) is 8.69. The van der Waals surface area contributed by atoms with Crippen LogP contribution in [-0.2, 0) is 4.74 Å². The van der Waals surface area contributed by atoms with Crippen molar-refractivity contribution in [1.82, 2.24) is 4.90 Å². The lowest BCUT2D eigenvalue weighted by Crippen LogP contribution is -2.35. The summed E-state index contributed by atoms with van der Waals surface area (Å²) < 4.78 is 4.99. The Hall–Kier alpha value is -1.59. The zero-order chi connectivity index (χ0) is 13.4. The number of hydrogen-bond acceptors (Lipinski definition) is 4. The van der Waals surface area contributed by atoms with E-state index in [1.807, 2.05) is 0 Å². The van der Waals surface area contributed by atoms with Gasteiger partial charge in [-0.2, -0.15) is 0 Å². The molecule has 0 fully saturated rings. The summed E-state index contributed by atoms with van der Waals surface area (Å²) in [6.07, 6.45) is 0.757. The van der Waals surface area contributed by atoms with Crippen LogP contribution in [0.1, 0.15) is 16.8 Å². The number of amides is 1. The number of phenolic OH excluding ortho intramolecular Hbond substituents is 1. The Morgan fingerprint density at radius 1 is 1.33 bits per heavy atom. The van der Waals surface area contributed by atoms with Gasteiger partial charge in [0.2, 0.25) is 0 Å². The van der Waals surface area contributed by atoms with Crippen LogP contribution >= 0.6 is 0 Å². The number of methoxy groups -OCH3 is 1. The van der Waals surface area contributed by atoms with E-state index in [-0.39, 0.29) is 11.7 Å². The maximum Gasteiger partial charge on any atom is 0.253 e. The van der Waals surface area contributed by atoms with Gasteiger partial charge in [-0.15, -0.1) is 0 Å². The molecule has 0 aliphatic rings. The number of benzene rings is 1. The molecule has 0 saturated carbocycles. The van der Waals surface area contributed by atoms with Crippen molar-refractivity contribution >= 4 is 5.91 Å². The van der Waals surface area contributed by atoms with Crippen molar-refractivity contribution in [3.05, 3.63) is 29.8 Å². The molecule has 0 saturated heterocycles. The van der Waals surface area contributed by atoms with Crippen LogP contribution in [0.2, 0.25) is 0 Å². The Labute approximate surface area is 107 Å². The minimum Gasteiger partial charge on any atom is -0.508 e. The summed E-state index contributed by atoms with van der Waals surface area (Å²) in [5.41, 5.74) is 6.02.